The molecule has 1 heterocycles. The van der Waals surface area contributed by atoms with Gasteiger partial charge in [-0.05, 0) is 37.4 Å². The Hall–Kier alpha value is -1.86. The Balaban J connectivity index is 2.08. The number of amides is 1. The maximum absolute atomic E-state index is 12.5. The molecule has 1 fully saturated rings. The molecule has 0 aromatic heterocycles. The fourth-order valence-corrected chi connectivity index (χ4v) is 2.63. The third-order valence-corrected chi connectivity index (χ3v) is 3.76. The third-order valence-electron chi connectivity index (χ3n) is 3.76. The number of hydrogen-bond donors (Lipinski definition) is 2. The number of carbonyl (C=O) groups excluding carboxylic acids is 2. The second kappa shape index (κ2) is 7.42. The monoisotopic (exact) mass is 305 g/mol. The maximum atomic E-state index is 12.5. The van der Waals surface area contributed by atoms with Crippen LogP contribution < -0.4 is 5.46 Å². The minimum atomic E-state index is -1.61. The van der Waals surface area contributed by atoms with Crippen molar-refractivity contribution in [3.8, 4) is 0 Å². The lowest BCUT2D eigenvalue weighted by Crippen LogP contribution is -2.43. The van der Waals surface area contributed by atoms with Crippen LogP contribution in [-0.4, -0.2) is 53.6 Å². The van der Waals surface area contributed by atoms with Crippen molar-refractivity contribution in [3.05, 3.63) is 29.8 Å². The van der Waals surface area contributed by atoms with E-state index in [4.69, 9.17) is 4.74 Å². The van der Waals surface area contributed by atoms with Gasteiger partial charge in [0.25, 0.3) is 5.91 Å². The van der Waals surface area contributed by atoms with Crippen LogP contribution in [0.5, 0.6) is 0 Å². The van der Waals surface area contributed by atoms with Crippen molar-refractivity contribution in [2.45, 2.75) is 19.8 Å². The lowest BCUT2D eigenvalue weighted by Gasteiger charge is -2.31. The molecule has 0 saturated carbocycles. The van der Waals surface area contributed by atoms with Crippen molar-refractivity contribution in [2.24, 2.45) is 5.92 Å². The number of esters is 1. The molecule has 1 unspecified atom stereocenters. The summed E-state index contributed by atoms with van der Waals surface area (Å²) in [5.41, 5.74) is 0.653. The molecule has 1 aromatic carbocycles. The van der Waals surface area contributed by atoms with Crippen molar-refractivity contribution >= 4 is 24.5 Å². The summed E-state index contributed by atoms with van der Waals surface area (Å²) in [7, 11) is -1.61. The van der Waals surface area contributed by atoms with Crippen LogP contribution in [0.2, 0.25) is 0 Å². The van der Waals surface area contributed by atoms with Gasteiger partial charge in [-0.25, -0.2) is 0 Å². The largest absolute Gasteiger partial charge is 0.488 e. The van der Waals surface area contributed by atoms with Crippen LogP contribution in [0.3, 0.4) is 0 Å². The predicted octanol–water partition coefficient (Wildman–Crippen LogP) is -0.218. The van der Waals surface area contributed by atoms with E-state index in [0.29, 0.717) is 25.3 Å². The molecule has 1 saturated heterocycles. The molecule has 22 heavy (non-hydrogen) atoms. The topological polar surface area (TPSA) is 87.1 Å². The van der Waals surface area contributed by atoms with E-state index < -0.39 is 7.12 Å². The highest BCUT2D eigenvalue weighted by atomic mass is 16.5. The summed E-state index contributed by atoms with van der Waals surface area (Å²) in [6, 6.07) is 6.23. The van der Waals surface area contributed by atoms with Gasteiger partial charge in [-0.2, -0.15) is 0 Å². The number of carbonyl (C=O) groups is 2. The van der Waals surface area contributed by atoms with Crippen LogP contribution >= 0.6 is 0 Å². The van der Waals surface area contributed by atoms with Gasteiger partial charge in [-0.15, -0.1) is 0 Å². The smallest absolute Gasteiger partial charge is 0.466 e. The van der Waals surface area contributed by atoms with Crippen LogP contribution in [0.15, 0.2) is 24.3 Å². The van der Waals surface area contributed by atoms with E-state index in [9.17, 15) is 19.6 Å². The normalized spacial score (nSPS) is 18.0. The summed E-state index contributed by atoms with van der Waals surface area (Å²) in [5.74, 6) is -0.764. The van der Waals surface area contributed by atoms with Gasteiger partial charge in [0.15, 0.2) is 0 Å². The number of rotatable bonds is 4. The molecule has 6 nitrogen and oxygen atoms in total. The minimum absolute atomic E-state index is 0.212. The van der Waals surface area contributed by atoms with E-state index in [-0.39, 0.29) is 23.3 Å². The van der Waals surface area contributed by atoms with Gasteiger partial charge in [-0.3, -0.25) is 9.59 Å². The molecule has 0 bridgehead atoms. The summed E-state index contributed by atoms with van der Waals surface area (Å²) in [6.07, 6.45) is 1.47. The van der Waals surface area contributed by atoms with Crippen LogP contribution in [0.25, 0.3) is 0 Å². The van der Waals surface area contributed by atoms with Gasteiger partial charge < -0.3 is 19.7 Å². The van der Waals surface area contributed by atoms with Gasteiger partial charge >= 0.3 is 13.1 Å². The first-order valence-electron chi connectivity index (χ1n) is 7.45. The van der Waals surface area contributed by atoms with Gasteiger partial charge in [0.05, 0.1) is 12.5 Å². The fraction of sp³-hybridized carbons (Fsp3) is 0.467. The van der Waals surface area contributed by atoms with Crippen molar-refractivity contribution < 1.29 is 24.4 Å². The number of benzene rings is 1. The first-order valence-corrected chi connectivity index (χ1v) is 7.45. The Morgan fingerprint density at radius 3 is 2.86 bits per heavy atom. The number of piperidine rings is 1. The quantitative estimate of drug-likeness (QED) is 0.593. The highest BCUT2D eigenvalue weighted by molar-refractivity contribution is 6.58. The fourth-order valence-electron chi connectivity index (χ4n) is 2.63. The number of ether oxygens (including phenoxy) is 1. The summed E-state index contributed by atoms with van der Waals surface area (Å²) in [5, 5.41) is 18.4. The standard InChI is InChI=1S/C15H20BNO5/c1-2-22-15(19)12-6-4-8-17(10-12)14(18)11-5-3-7-13(9-11)16(20)21/h3,5,7,9,12,20-21H,2,4,6,8,10H2,1H3. The molecule has 1 aliphatic rings. The molecule has 2 N–H and O–H groups in total. The number of hydrogen-bond acceptors (Lipinski definition) is 5. The molecular formula is C15H20BNO5. The SMILES string of the molecule is CCOC(=O)C1CCCN(C(=O)c2cccc(B(O)O)c2)C1. The Labute approximate surface area is 129 Å². The van der Waals surface area contributed by atoms with E-state index in [2.05, 4.69) is 0 Å². The first-order chi connectivity index (χ1) is 10.5. The van der Waals surface area contributed by atoms with Gasteiger partial charge in [0, 0.05) is 18.7 Å². The van der Waals surface area contributed by atoms with E-state index >= 15 is 0 Å². The Morgan fingerprint density at radius 2 is 2.18 bits per heavy atom. The van der Waals surface area contributed by atoms with Crippen LogP contribution in [0.4, 0.5) is 0 Å². The maximum Gasteiger partial charge on any atom is 0.488 e. The van der Waals surface area contributed by atoms with Crippen LogP contribution in [0, 0.1) is 5.92 Å². The van der Waals surface area contributed by atoms with Crippen LogP contribution in [-0.2, 0) is 9.53 Å². The van der Waals surface area contributed by atoms with Gasteiger partial charge in [0.1, 0.15) is 0 Å². The predicted molar refractivity (Wildman–Crippen MR) is 81.5 cm³/mol. The summed E-state index contributed by atoms with van der Waals surface area (Å²) >= 11 is 0. The zero-order valence-electron chi connectivity index (χ0n) is 12.6. The zero-order valence-corrected chi connectivity index (χ0v) is 12.6. The molecule has 118 valence electrons. The Morgan fingerprint density at radius 1 is 1.41 bits per heavy atom. The minimum Gasteiger partial charge on any atom is -0.466 e. The molecule has 1 atom stereocenters. The molecule has 1 aliphatic heterocycles. The highest BCUT2D eigenvalue weighted by Crippen LogP contribution is 2.19. The third kappa shape index (κ3) is 3.87. The Bertz CT molecular complexity index is 548. The zero-order chi connectivity index (χ0) is 16.1. The summed E-state index contributed by atoms with van der Waals surface area (Å²) < 4.78 is 5.02. The number of nitrogens with zero attached hydrogens (tertiary/aromatic N) is 1. The van der Waals surface area contributed by atoms with E-state index in [0.717, 1.165) is 12.8 Å². The lowest BCUT2D eigenvalue weighted by molar-refractivity contribution is -0.149. The molecule has 1 amide bonds. The average Bonchev–Trinajstić information content (AvgIpc) is 2.54. The van der Waals surface area contributed by atoms with Gasteiger partial charge in [0.2, 0.25) is 0 Å². The van der Waals surface area contributed by atoms with E-state index in [1.54, 1.807) is 30.0 Å². The number of likely N-dealkylation sites (tertiary alicyclic amines) is 1. The first kappa shape index (κ1) is 16.5. The highest BCUT2D eigenvalue weighted by Gasteiger charge is 2.30. The lowest BCUT2D eigenvalue weighted by atomic mass is 9.79. The van der Waals surface area contributed by atoms with Crippen molar-refractivity contribution in [1.29, 1.82) is 0 Å². The second-order valence-corrected chi connectivity index (χ2v) is 5.34. The summed E-state index contributed by atoms with van der Waals surface area (Å²) in [4.78, 5) is 26.0. The van der Waals surface area contributed by atoms with E-state index in [1.807, 2.05) is 0 Å². The molecule has 2 rings (SSSR count). The molecule has 7 heteroatoms. The average molecular weight is 305 g/mol. The van der Waals surface area contributed by atoms with Crippen LogP contribution in [0.1, 0.15) is 30.1 Å². The second-order valence-electron chi connectivity index (χ2n) is 5.34. The molecule has 0 radical (unpaired) electrons. The van der Waals surface area contributed by atoms with Crippen molar-refractivity contribution in [3.63, 3.8) is 0 Å². The van der Waals surface area contributed by atoms with E-state index in [1.165, 1.54) is 6.07 Å². The summed E-state index contributed by atoms with van der Waals surface area (Å²) in [6.45, 7) is 3.01. The molecule has 0 aliphatic carbocycles. The molecular weight excluding hydrogens is 285 g/mol. The van der Waals surface area contributed by atoms with Gasteiger partial charge in [-0.1, -0.05) is 12.1 Å². The molecule has 0 spiro atoms. The molecule has 1 aromatic rings. The van der Waals surface area contributed by atoms with Crippen molar-refractivity contribution in [2.75, 3.05) is 19.7 Å². The van der Waals surface area contributed by atoms with Crippen molar-refractivity contribution in [1.82, 2.24) is 4.90 Å². The Kier molecular flexibility index (Phi) is 5.57.